The lowest BCUT2D eigenvalue weighted by Gasteiger charge is -2.59. The normalized spacial score (nSPS) is 45.2. The zero-order chi connectivity index (χ0) is 21.0. The fraction of sp³-hybridized carbons (Fsp3) is 0.880. The van der Waals surface area contributed by atoms with E-state index in [4.69, 9.17) is 4.74 Å². The van der Waals surface area contributed by atoms with Gasteiger partial charge in [0.15, 0.2) is 0 Å². The van der Waals surface area contributed by atoms with Gasteiger partial charge in [0.05, 0.1) is 7.11 Å². The molecule has 0 saturated heterocycles. The van der Waals surface area contributed by atoms with Gasteiger partial charge in [0.2, 0.25) is 0 Å². The molecule has 4 aliphatic rings. The Kier molecular flexibility index (Phi) is 5.44. The lowest BCUT2D eigenvalue weighted by atomic mass is 9.44. The number of methoxy groups -OCH3 is 1. The Morgan fingerprint density at radius 2 is 1.79 bits per heavy atom. The van der Waals surface area contributed by atoms with Gasteiger partial charge in [-0.3, -0.25) is 14.4 Å². The van der Waals surface area contributed by atoms with Crippen LogP contribution >= 0.6 is 0 Å². The maximum absolute atomic E-state index is 13.4. The highest BCUT2D eigenvalue weighted by molar-refractivity contribution is 5.86. The first-order valence-corrected chi connectivity index (χ1v) is 11.8. The molecule has 0 heterocycles. The van der Waals surface area contributed by atoms with Crippen molar-refractivity contribution in [3.8, 4) is 0 Å². The van der Waals surface area contributed by atoms with Crippen LogP contribution in [0.5, 0.6) is 0 Å². The van der Waals surface area contributed by atoms with Crippen LogP contribution in [0, 0.1) is 46.3 Å². The molecule has 29 heavy (non-hydrogen) atoms. The summed E-state index contributed by atoms with van der Waals surface area (Å²) < 4.78 is 4.84. The van der Waals surface area contributed by atoms with Crippen molar-refractivity contribution in [1.29, 1.82) is 0 Å². The van der Waals surface area contributed by atoms with Crippen molar-refractivity contribution in [1.82, 2.24) is 0 Å². The van der Waals surface area contributed by atoms with Crippen molar-refractivity contribution in [3.05, 3.63) is 0 Å². The Balaban J connectivity index is 1.54. The molecule has 0 radical (unpaired) electrons. The number of fused-ring (bicyclic) bond motifs is 5. The van der Waals surface area contributed by atoms with Gasteiger partial charge in [-0.25, -0.2) is 0 Å². The first kappa shape index (κ1) is 21.1. The van der Waals surface area contributed by atoms with Crippen molar-refractivity contribution < 1.29 is 19.1 Å². The zero-order valence-corrected chi connectivity index (χ0v) is 18.7. The minimum atomic E-state index is -0.117. The largest absolute Gasteiger partial charge is 0.469 e. The molecular formula is C25H38O4. The van der Waals surface area contributed by atoms with E-state index in [0.29, 0.717) is 60.9 Å². The Hall–Kier alpha value is -1.19. The molecule has 0 aromatic rings. The van der Waals surface area contributed by atoms with Crippen molar-refractivity contribution in [2.45, 2.75) is 85.0 Å². The first-order valence-electron chi connectivity index (χ1n) is 11.8. The van der Waals surface area contributed by atoms with E-state index in [1.165, 1.54) is 20.0 Å². The van der Waals surface area contributed by atoms with E-state index in [1.54, 1.807) is 0 Å². The number of esters is 1. The standard InChI is InChI=1S/C25H38O4/c1-15(5-8-22(28)29-4)18-6-7-19-23-20(10-12-25(18,19)3)24(2)11-9-17(26)13-16(24)14-21(23)27/h15-16,18-20,23H,5-14H2,1-4H3/t15-,16-,18-,19+,20+,23+,24+,25-/m1/s1. The summed E-state index contributed by atoms with van der Waals surface area (Å²) in [5.41, 5.74) is 0.377. The molecule has 0 N–H and O–H groups in total. The van der Waals surface area contributed by atoms with Crippen LogP contribution in [0.25, 0.3) is 0 Å². The quantitative estimate of drug-likeness (QED) is 0.622. The van der Waals surface area contributed by atoms with Gasteiger partial charge < -0.3 is 4.74 Å². The number of carbonyl (C=O) groups is 3. The monoisotopic (exact) mass is 402 g/mol. The van der Waals surface area contributed by atoms with Crippen molar-refractivity contribution in [2.24, 2.45) is 46.3 Å². The Labute approximate surface area is 175 Å². The van der Waals surface area contributed by atoms with Crippen LogP contribution in [-0.4, -0.2) is 24.6 Å². The molecule has 0 bridgehead atoms. The molecule has 4 nitrogen and oxygen atoms in total. The zero-order valence-electron chi connectivity index (χ0n) is 18.7. The average Bonchev–Trinajstić information content (AvgIpc) is 3.04. The summed E-state index contributed by atoms with van der Waals surface area (Å²) >= 11 is 0. The van der Waals surface area contributed by atoms with Gasteiger partial charge in [-0.05, 0) is 78.9 Å². The molecule has 4 fully saturated rings. The molecule has 0 aromatic carbocycles. The number of Topliss-reactive ketones (excluding diaryl/α,β-unsaturated/α-hetero) is 2. The smallest absolute Gasteiger partial charge is 0.305 e. The van der Waals surface area contributed by atoms with Crippen molar-refractivity contribution in [3.63, 3.8) is 0 Å². The van der Waals surface area contributed by atoms with Gasteiger partial charge in [-0.2, -0.15) is 0 Å². The molecule has 0 unspecified atom stereocenters. The molecule has 0 amide bonds. The van der Waals surface area contributed by atoms with Gasteiger partial charge in [-0.1, -0.05) is 20.8 Å². The number of hydrogen-bond acceptors (Lipinski definition) is 4. The average molecular weight is 403 g/mol. The predicted molar refractivity (Wildman–Crippen MR) is 111 cm³/mol. The summed E-state index contributed by atoms with van der Waals surface area (Å²) in [5, 5.41) is 0. The minimum absolute atomic E-state index is 0.117. The number of rotatable bonds is 4. The number of hydrogen-bond donors (Lipinski definition) is 0. The molecular weight excluding hydrogens is 364 g/mol. The van der Waals surface area contributed by atoms with Gasteiger partial charge in [0.1, 0.15) is 11.6 Å². The molecule has 0 aliphatic heterocycles. The fourth-order valence-electron chi connectivity index (χ4n) is 8.35. The summed E-state index contributed by atoms with van der Waals surface area (Å²) in [6.07, 6.45) is 8.96. The SMILES string of the molecule is COC(=O)CC[C@@H](C)[C@H]1CC[C@H]2[C@@H]3C(=O)C[C@H]4CC(=O)CC[C@]4(C)[C@H]3CC[C@]12C. The summed E-state index contributed by atoms with van der Waals surface area (Å²) in [5.74, 6) is 3.18. The van der Waals surface area contributed by atoms with Crippen molar-refractivity contribution >= 4 is 17.5 Å². The first-order chi connectivity index (χ1) is 13.7. The Morgan fingerprint density at radius 1 is 1.07 bits per heavy atom. The summed E-state index contributed by atoms with van der Waals surface area (Å²) in [7, 11) is 1.46. The van der Waals surface area contributed by atoms with Crippen LogP contribution in [0.3, 0.4) is 0 Å². The third-order valence-electron chi connectivity index (χ3n) is 10.1. The second-order valence-corrected chi connectivity index (χ2v) is 11.2. The molecule has 4 rings (SSSR count). The van der Waals surface area contributed by atoms with Crippen LogP contribution in [0.4, 0.5) is 0 Å². The second kappa shape index (κ2) is 7.50. The molecule has 162 valence electrons. The lowest BCUT2D eigenvalue weighted by Crippen LogP contribution is -2.57. The number of carbonyl (C=O) groups excluding carboxylic acids is 3. The topological polar surface area (TPSA) is 60.4 Å². The van der Waals surface area contributed by atoms with E-state index in [9.17, 15) is 14.4 Å². The summed E-state index contributed by atoms with van der Waals surface area (Å²) in [6, 6.07) is 0. The molecule has 0 spiro atoms. The highest BCUT2D eigenvalue weighted by atomic mass is 16.5. The van der Waals surface area contributed by atoms with Gasteiger partial charge >= 0.3 is 5.97 Å². The molecule has 4 heteroatoms. The summed E-state index contributed by atoms with van der Waals surface area (Å²) in [4.78, 5) is 37.1. The molecule has 8 atom stereocenters. The molecule has 0 aromatic heterocycles. The van der Waals surface area contributed by atoms with Gasteiger partial charge in [-0.15, -0.1) is 0 Å². The van der Waals surface area contributed by atoms with Crippen LogP contribution < -0.4 is 0 Å². The molecule has 4 saturated carbocycles. The van der Waals surface area contributed by atoms with E-state index in [1.807, 2.05) is 0 Å². The minimum Gasteiger partial charge on any atom is -0.469 e. The third kappa shape index (κ3) is 3.29. The maximum Gasteiger partial charge on any atom is 0.305 e. The van der Waals surface area contributed by atoms with Crippen molar-refractivity contribution in [2.75, 3.05) is 7.11 Å². The molecule has 4 aliphatic carbocycles. The second-order valence-electron chi connectivity index (χ2n) is 11.2. The van der Waals surface area contributed by atoms with Crippen LogP contribution in [0.2, 0.25) is 0 Å². The van der Waals surface area contributed by atoms with Gasteiger partial charge in [0, 0.05) is 31.6 Å². The van der Waals surface area contributed by atoms with E-state index < -0.39 is 0 Å². The third-order valence-corrected chi connectivity index (χ3v) is 10.1. The van der Waals surface area contributed by atoms with Crippen LogP contribution in [0.1, 0.15) is 85.0 Å². The predicted octanol–water partition coefficient (Wildman–Crippen LogP) is 4.98. The number of ether oxygens (including phenoxy) is 1. The van der Waals surface area contributed by atoms with E-state index in [-0.39, 0.29) is 28.6 Å². The Bertz CT molecular complexity index is 699. The maximum atomic E-state index is 13.4. The lowest BCUT2D eigenvalue weighted by molar-refractivity contribution is -0.159. The fourth-order valence-corrected chi connectivity index (χ4v) is 8.35. The van der Waals surface area contributed by atoms with E-state index >= 15 is 0 Å². The Morgan fingerprint density at radius 3 is 2.52 bits per heavy atom. The van der Waals surface area contributed by atoms with Crippen LogP contribution in [-0.2, 0) is 19.1 Å². The van der Waals surface area contributed by atoms with E-state index in [2.05, 4.69) is 20.8 Å². The van der Waals surface area contributed by atoms with Crippen LogP contribution in [0.15, 0.2) is 0 Å². The summed E-state index contributed by atoms with van der Waals surface area (Å²) in [6.45, 7) is 7.12. The highest BCUT2D eigenvalue weighted by Crippen LogP contribution is 2.67. The van der Waals surface area contributed by atoms with E-state index in [0.717, 1.165) is 25.7 Å². The van der Waals surface area contributed by atoms with Gasteiger partial charge in [0.25, 0.3) is 0 Å². The number of ketones is 2. The highest BCUT2D eigenvalue weighted by Gasteiger charge is 2.63.